The molecule has 0 aromatic carbocycles. The van der Waals surface area contributed by atoms with E-state index in [1.165, 1.54) is 0 Å². The van der Waals surface area contributed by atoms with Crippen LogP contribution in [0.5, 0.6) is 0 Å². The van der Waals surface area contributed by atoms with Crippen molar-refractivity contribution >= 4 is 0 Å². The Balaban J connectivity index is 2.63. The van der Waals surface area contributed by atoms with E-state index in [1.807, 2.05) is 18.2 Å². The van der Waals surface area contributed by atoms with Gasteiger partial charge in [0.2, 0.25) is 0 Å². The number of ether oxygens (including phenoxy) is 1. The first-order chi connectivity index (χ1) is 5.20. The van der Waals surface area contributed by atoms with Gasteiger partial charge < -0.3 is 10.5 Å². The van der Waals surface area contributed by atoms with E-state index in [2.05, 4.69) is 6.92 Å². The molecule has 11 heavy (non-hydrogen) atoms. The molecule has 1 unspecified atom stereocenters. The molecule has 0 aliphatic heterocycles. The van der Waals surface area contributed by atoms with Gasteiger partial charge in [-0.2, -0.15) is 0 Å². The zero-order valence-corrected chi connectivity index (χ0v) is 7.13. The first-order valence-corrected chi connectivity index (χ1v) is 3.92. The number of rotatable bonds is 2. The fourth-order valence-electron chi connectivity index (χ4n) is 1.09. The zero-order valence-electron chi connectivity index (χ0n) is 7.13. The summed E-state index contributed by atoms with van der Waals surface area (Å²) in [6.07, 6.45) is 7.84. The summed E-state index contributed by atoms with van der Waals surface area (Å²) in [5.41, 5.74) is 5.85. The largest absolute Gasteiger partial charge is 0.497 e. The summed E-state index contributed by atoms with van der Waals surface area (Å²) in [6, 6.07) is 0. The fraction of sp³-hybridized carbons (Fsp3) is 0.556. The molecule has 0 spiro atoms. The van der Waals surface area contributed by atoms with Crippen LogP contribution in [0.1, 0.15) is 19.8 Å². The van der Waals surface area contributed by atoms with Gasteiger partial charge in [-0.05, 0) is 25.0 Å². The Morgan fingerprint density at radius 2 is 2.45 bits per heavy atom. The highest BCUT2D eigenvalue weighted by Gasteiger charge is 2.20. The number of hydrogen-bond acceptors (Lipinski definition) is 2. The highest BCUT2D eigenvalue weighted by molar-refractivity contribution is 5.24. The molecule has 0 saturated carbocycles. The Kier molecular flexibility index (Phi) is 2.35. The topological polar surface area (TPSA) is 35.2 Å². The molecule has 1 aliphatic carbocycles. The van der Waals surface area contributed by atoms with Crippen LogP contribution in [-0.4, -0.2) is 12.6 Å². The maximum absolute atomic E-state index is 5.99. The van der Waals surface area contributed by atoms with Crippen LogP contribution in [0.4, 0.5) is 0 Å². The van der Waals surface area contributed by atoms with Gasteiger partial charge in [-0.3, -0.25) is 0 Å². The van der Waals surface area contributed by atoms with Crippen molar-refractivity contribution in [1.82, 2.24) is 0 Å². The third-order valence-electron chi connectivity index (χ3n) is 2.16. The van der Waals surface area contributed by atoms with Gasteiger partial charge in [0.1, 0.15) is 5.76 Å². The highest BCUT2D eigenvalue weighted by Crippen LogP contribution is 2.21. The van der Waals surface area contributed by atoms with E-state index in [9.17, 15) is 0 Å². The van der Waals surface area contributed by atoms with Crippen molar-refractivity contribution in [3.8, 4) is 0 Å². The van der Waals surface area contributed by atoms with Crippen LogP contribution in [0, 0.1) is 0 Å². The first-order valence-electron chi connectivity index (χ1n) is 3.92. The van der Waals surface area contributed by atoms with E-state index in [4.69, 9.17) is 10.5 Å². The summed E-state index contributed by atoms with van der Waals surface area (Å²) >= 11 is 0. The smallest absolute Gasteiger partial charge is 0.114 e. The van der Waals surface area contributed by atoms with Gasteiger partial charge in [-0.15, -0.1) is 0 Å². The van der Waals surface area contributed by atoms with E-state index < -0.39 is 0 Å². The second kappa shape index (κ2) is 3.09. The highest BCUT2D eigenvalue weighted by atomic mass is 16.5. The Morgan fingerprint density at radius 1 is 1.73 bits per heavy atom. The average molecular weight is 153 g/mol. The van der Waals surface area contributed by atoms with Crippen LogP contribution < -0.4 is 5.73 Å². The SMILES string of the molecule is CCC1(N)C=CC(OC)=CC1. The number of methoxy groups -OCH3 is 1. The minimum atomic E-state index is -0.137. The lowest BCUT2D eigenvalue weighted by molar-refractivity contribution is 0.299. The molecule has 0 fully saturated rings. The number of allylic oxidation sites excluding steroid dienone is 1. The molecule has 1 rings (SSSR count). The Labute approximate surface area is 67.7 Å². The second-order valence-electron chi connectivity index (χ2n) is 2.93. The van der Waals surface area contributed by atoms with Gasteiger partial charge >= 0.3 is 0 Å². The second-order valence-corrected chi connectivity index (χ2v) is 2.93. The van der Waals surface area contributed by atoms with Gasteiger partial charge in [-0.1, -0.05) is 13.0 Å². The number of nitrogens with two attached hydrogens (primary N) is 1. The monoisotopic (exact) mass is 153 g/mol. The summed E-state index contributed by atoms with van der Waals surface area (Å²) in [4.78, 5) is 0. The maximum Gasteiger partial charge on any atom is 0.114 e. The van der Waals surface area contributed by atoms with E-state index in [0.29, 0.717) is 0 Å². The van der Waals surface area contributed by atoms with Crippen molar-refractivity contribution < 1.29 is 4.74 Å². The van der Waals surface area contributed by atoms with Crippen molar-refractivity contribution in [3.63, 3.8) is 0 Å². The van der Waals surface area contributed by atoms with Crippen molar-refractivity contribution in [2.24, 2.45) is 5.73 Å². The molecule has 1 aliphatic rings. The molecule has 0 amide bonds. The molecular formula is C9H15NO. The molecule has 0 aromatic heterocycles. The summed E-state index contributed by atoms with van der Waals surface area (Å²) in [5.74, 6) is 0.916. The van der Waals surface area contributed by atoms with Crippen LogP contribution in [0.3, 0.4) is 0 Å². The molecule has 0 aromatic rings. The van der Waals surface area contributed by atoms with Crippen LogP contribution >= 0.6 is 0 Å². The standard InChI is InChI=1S/C9H15NO/c1-3-9(10)6-4-8(11-2)5-7-9/h4-6H,3,7,10H2,1-2H3. The van der Waals surface area contributed by atoms with Gasteiger partial charge in [0.15, 0.2) is 0 Å². The van der Waals surface area contributed by atoms with Crippen molar-refractivity contribution in [2.45, 2.75) is 25.3 Å². The predicted octanol–water partition coefficient (Wildman–Crippen LogP) is 1.58. The fourth-order valence-corrected chi connectivity index (χ4v) is 1.09. The molecule has 2 N–H and O–H groups in total. The minimum absolute atomic E-state index is 0.137. The van der Waals surface area contributed by atoms with Crippen molar-refractivity contribution in [1.29, 1.82) is 0 Å². The Hall–Kier alpha value is -0.760. The summed E-state index contributed by atoms with van der Waals surface area (Å²) in [7, 11) is 1.67. The van der Waals surface area contributed by atoms with Gasteiger partial charge in [0.05, 0.1) is 7.11 Å². The predicted molar refractivity (Wildman–Crippen MR) is 46.1 cm³/mol. The normalized spacial score (nSPS) is 29.9. The quantitative estimate of drug-likeness (QED) is 0.653. The van der Waals surface area contributed by atoms with E-state index >= 15 is 0 Å². The number of hydrogen-bond donors (Lipinski definition) is 1. The van der Waals surface area contributed by atoms with Crippen molar-refractivity contribution in [2.75, 3.05) is 7.11 Å². The summed E-state index contributed by atoms with van der Waals surface area (Å²) in [6.45, 7) is 2.09. The minimum Gasteiger partial charge on any atom is -0.497 e. The van der Waals surface area contributed by atoms with Gasteiger partial charge in [0.25, 0.3) is 0 Å². The molecule has 1 atom stereocenters. The summed E-state index contributed by atoms with van der Waals surface area (Å²) in [5, 5.41) is 0. The molecule has 0 radical (unpaired) electrons. The van der Waals surface area contributed by atoms with E-state index in [-0.39, 0.29) is 5.54 Å². The lowest BCUT2D eigenvalue weighted by atomic mass is 9.89. The van der Waals surface area contributed by atoms with Crippen molar-refractivity contribution in [3.05, 3.63) is 24.0 Å². The van der Waals surface area contributed by atoms with E-state index in [0.717, 1.165) is 18.6 Å². The van der Waals surface area contributed by atoms with Crippen LogP contribution in [-0.2, 0) is 4.74 Å². The molecule has 0 heterocycles. The third-order valence-corrected chi connectivity index (χ3v) is 2.16. The van der Waals surface area contributed by atoms with E-state index in [1.54, 1.807) is 7.11 Å². The van der Waals surface area contributed by atoms with Gasteiger partial charge in [0, 0.05) is 5.54 Å². The molecule has 0 bridgehead atoms. The average Bonchev–Trinajstić information content (AvgIpc) is 2.06. The Morgan fingerprint density at radius 3 is 2.82 bits per heavy atom. The zero-order chi connectivity index (χ0) is 8.32. The lowest BCUT2D eigenvalue weighted by Crippen LogP contribution is -2.37. The molecule has 0 saturated heterocycles. The molecule has 62 valence electrons. The molecule has 2 heteroatoms. The summed E-state index contributed by atoms with van der Waals surface area (Å²) < 4.78 is 5.05. The van der Waals surface area contributed by atoms with Gasteiger partial charge in [-0.25, -0.2) is 0 Å². The van der Waals surface area contributed by atoms with Crippen LogP contribution in [0.25, 0.3) is 0 Å². The third kappa shape index (κ3) is 1.84. The van der Waals surface area contributed by atoms with Crippen LogP contribution in [0.15, 0.2) is 24.0 Å². The first kappa shape index (κ1) is 8.34. The Bertz CT molecular complexity index is 196. The molecule has 2 nitrogen and oxygen atoms in total. The molecular weight excluding hydrogens is 138 g/mol. The van der Waals surface area contributed by atoms with Crippen LogP contribution in [0.2, 0.25) is 0 Å². The lowest BCUT2D eigenvalue weighted by Gasteiger charge is -2.25. The maximum atomic E-state index is 5.99.